The number of carbonyl (C=O) groups is 2. The lowest BCUT2D eigenvalue weighted by Gasteiger charge is -2.19. The number of benzene rings is 1. The first-order chi connectivity index (χ1) is 9.69. The standard InChI is InChI=1S/C14H19BrN2O4/c1-14(2,3)21-13(19)17-6-7-20-11-8-9(15)4-5-10(11)12(16)18/h4-5,8H,6-7H2,1-3H3,(H2,16,18)(H,17,19). The molecule has 0 radical (unpaired) electrons. The van der Waals surface area contributed by atoms with E-state index in [-0.39, 0.29) is 18.7 Å². The van der Waals surface area contributed by atoms with Crippen LogP contribution in [0.5, 0.6) is 5.75 Å². The minimum atomic E-state index is -0.572. The molecular weight excluding hydrogens is 340 g/mol. The van der Waals surface area contributed by atoms with E-state index in [4.69, 9.17) is 15.2 Å². The van der Waals surface area contributed by atoms with Crippen molar-refractivity contribution in [1.29, 1.82) is 0 Å². The first-order valence-electron chi connectivity index (χ1n) is 6.38. The molecule has 3 N–H and O–H groups in total. The van der Waals surface area contributed by atoms with E-state index in [9.17, 15) is 9.59 Å². The van der Waals surface area contributed by atoms with Gasteiger partial charge in [0, 0.05) is 4.47 Å². The molecule has 0 fully saturated rings. The molecule has 0 saturated carbocycles. The number of halogens is 1. The third-order valence-electron chi connectivity index (χ3n) is 2.24. The molecule has 7 heteroatoms. The third-order valence-corrected chi connectivity index (χ3v) is 2.73. The fraction of sp³-hybridized carbons (Fsp3) is 0.429. The van der Waals surface area contributed by atoms with E-state index in [1.807, 2.05) is 0 Å². The first kappa shape index (κ1) is 17.3. The molecule has 116 valence electrons. The topological polar surface area (TPSA) is 90.7 Å². The molecule has 1 aromatic rings. The molecule has 0 atom stereocenters. The largest absolute Gasteiger partial charge is 0.491 e. The van der Waals surface area contributed by atoms with Crippen molar-refractivity contribution < 1.29 is 19.1 Å². The molecule has 0 aliphatic rings. The van der Waals surface area contributed by atoms with Crippen LogP contribution >= 0.6 is 15.9 Å². The lowest BCUT2D eigenvalue weighted by molar-refractivity contribution is 0.0519. The SMILES string of the molecule is CC(C)(C)OC(=O)NCCOc1cc(Br)ccc1C(N)=O. The summed E-state index contributed by atoms with van der Waals surface area (Å²) in [6, 6.07) is 4.92. The van der Waals surface area contributed by atoms with Gasteiger partial charge in [-0.25, -0.2) is 4.79 Å². The van der Waals surface area contributed by atoms with Crippen LogP contribution in [-0.2, 0) is 4.74 Å². The summed E-state index contributed by atoms with van der Waals surface area (Å²) in [6.45, 7) is 5.78. The van der Waals surface area contributed by atoms with E-state index in [1.54, 1.807) is 39.0 Å². The van der Waals surface area contributed by atoms with Crippen LogP contribution < -0.4 is 15.8 Å². The summed E-state index contributed by atoms with van der Waals surface area (Å²) in [6.07, 6.45) is -0.518. The molecule has 0 aliphatic heterocycles. The highest BCUT2D eigenvalue weighted by Crippen LogP contribution is 2.23. The Hall–Kier alpha value is -1.76. The van der Waals surface area contributed by atoms with Gasteiger partial charge in [-0.15, -0.1) is 0 Å². The van der Waals surface area contributed by atoms with Crippen LogP contribution in [0, 0.1) is 0 Å². The van der Waals surface area contributed by atoms with E-state index < -0.39 is 17.6 Å². The molecule has 0 aliphatic carbocycles. The number of primary amides is 1. The molecule has 2 amide bonds. The van der Waals surface area contributed by atoms with Crippen molar-refractivity contribution in [3.8, 4) is 5.75 Å². The van der Waals surface area contributed by atoms with Crippen LogP contribution in [-0.4, -0.2) is 30.8 Å². The van der Waals surface area contributed by atoms with Crippen LogP contribution in [0.4, 0.5) is 4.79 Å². The van der Waals surface area contributed by atoms with Crippen molar-refractivity contribution in [3.63, 3.8) is 0 Å². The summed E-state index contributed by atoms with van der Waals surface area (Å²) in [5, 5.41) is 2.56. The number of rotatable bonds is 5. The summed E-state index contributed by atoms with van der Waals surface area (Å²) < 4.78 is 11.3. The molecule has 0 unspecified atom stereocenters. The Morgan fingerprint density at radius 1 is 1.33 bits per heavy atom. The van der Waals surface area contributed by atoms with Crippen molar-refractivity contribution in [2.24, 2.45) is 5.73 Å². The molecule has 0 spiro atoms. The number of carbonyl (C=O) groups excluding carboxylic acids is 2. The van der Waals surface area contributed by atoms with Gasteiger partial charge in [-0.1, -0.05) is 15.9 Å². The molecule has 21 heavy (non-hydrogen) atoms. The molecule has 1 rings (SSSR count). The molecule has 1 aromatic carbocycles. The van der Waals surface area contributed by atoms with E-state index >= 15 is 0 Å². The van der Waals surface area contributed by atoms with Crippen LogP contribution in [0.1, 0.15) is 31.1 Å². The lowest BCUT2D eigenvalue weighted by Crippen LogP contribution is -2.34. The Morgan fingerprint density at radius 3 is 2.57 bits per heavy atom. The maximum atomic E-state index is 11.4. The van der Waals surface area contributed by atoms with Gasteiger partial charge >= 0.3 is 6.09 Å². The second-order valence-electron chi connectivity index (χ2n) is 5.28. The monoisotopic (exact) mass is 358 g/mol. The number of nitrogens with one attached hydrogen (secondary N) is 1. The number of alkyl carbamates (subject to hydrolysis) is 1. The van der Waals surface area contributed by atoms with Gasteiger partial charge < -0.3 is 20.5 Å². The molecule has 0 heterocycles. The van der Waals surface area contributed by atoms with Crippen molar-refractivity contribution in [3.05, 3.63) is 28.2 Å². The zero-order valence-corrected chi connectivity index (χ0v) is 13.8. The minimum absolute atomic E-state index is 0.190. The summed E-state index contributed by atoms with van der Waals surface area (Å²) in [5.74, 6) is -0.208. The highest BCUT2D eigenvalue weighted by Gasteiger charge is 2.15. The quantitative estimate of drug-likeness (QED) is 0.790. The average molecular weight is 359 g/mol. The predicted molar refractivity (Wildman–Crippen MR) is 82.4 cm³/mol. The highest BCUT2D eigenvalue weighted by atomic mass is 79.9. The summed E-state index contributed by atoms with van der Waals surface area (Å²) in [4.78, 5) is 22.7. The zero-order valence-electron chi connectivity index (χ0n) is 12.2. The summed E-state index contributed by atoms with van der Waals surface area (Å²) >= 11 is 3.29. The molecule has 0 aromatic heterocycles. The van der Waals surface area contributed by atoms with E-state index in [2.05, 4.69) is 21.2 Å². The average Bonchev–Trinajstić information content (AvgIpc) is 2.32. The fourth-order valence-corrected chi connectivity index (χ4v) is 1.79. The van der Waals surface area contributed by atoms with Crippen molar-refractivity contribution >= 4 is 27.9 Å². The number of amides is 2. The van der Waals surface area contributed by atoms with Crippen molar-refractivity contribution in [1.82, 2.24) is 5.32 Å². The predicted octanol–water partition coefficient (Wildman–Crippen LogP) is 2.45. The number of ether oxygens (including phenoxy) is 2. The Balaban J connectivity index is 2.48. The number of hydrogen-bond acceptors (Lipinski definition) is 4. The Labute approximate surface area is 132 Å². The van der Waals surface area contributed by atoms with Gasteiger partial charge in [0.25, 0.3) is 5.91 Å². The molecular formula is C14H19BrN2O4. The van der Waals surface area contributed by atoms with Gasteiger partial charge in [0.15, 0.2) is 0 Å². The molecule has 0 saturated heterocycles. The van der Waals surface area contributed by atoms with Crippen LogP contribution in [0.3, 0.4) is 0 Å². The maximum absolute atomic E-state index is 11.4. The number of hydrogen-bond donors (Lipinski definition) is 2. The van der Waals surface area contributed by atoms with Crippen LogP contribution in [0.25, 0.3) is 0 Å². The fourth-order valence-electron chi connectivity index (χ4n) is 1.45. The lowest BCUT2D eigenvalue weighted by atomic mass is 10.2. The Bertz CT molecular complexity index is 526. The maximum Gasteiger partial charge on any atom is 0.407 e. The van der Waals surface area contributed by atoms with Crippen LogP contribution in [0.2, 0.25) is 0 Å². The van der Waals surface area contributed by atoms with Crippen molar-refractivity contribution in [2.75, 3.05) is 13.2 Å². The van der Waals surface area contributed by atoms with Crippen molar-refractivity contribution in [2.45, 2.75) is 26.4 Å². The van der Waals surface area contributed by atoms with Gasteiger partial charge in [-0.05, 0) is 39.0 Å². The minimum Gasteiger partial charge on any atom is -0.491 e. The Kier molecular flexibility index (Phi) is 6.02. The number of nitrogens with two attached hydrogens (primary N) is 1. The smallest absolute Gasteiger partial charge is 0.407 e. The highest BCUT2D eigenvalue weighted by molar-refractivity contribution is 9.10. The summed E-state index contributed by atoms with van der Waals surface area (Å²) in [5.41, 5.74) is 5.00. The molecule has 0 bridgehead atoms. The Morgan fingerprint density at radius 2 is 2.00 bits per heavy atom. The normalized spacial score (nSPS) is 10.9. The van der Waals surface area contributed by atoms with E-state index in [0.717, 1.165) is 4.47 Å². The van der Waals surface area contributed by atoms with Gasteiger partial charge in [0.05, 0.1) is 12.1 Å². The van der Waals surface area contributed by atoms with E-state index in [0.29, 0.717) is 5.75 Å². The second-order valence-corrected chi connectivity index (χ2v) is 6.20. The van der Waals surface area contributed by atoms with Crippen LogP contribution in [0.15, 0.2) is 22.7 Å². The van der Waals surface area contributed by atoms with E-state index in [1.165, 1.54) is 0 Å². The van der Waals surface area contributed by atoms with Gasteiger partial charge in [0.1, 0.15) is 18.0 Å². The third kappa shape index (κ3) is 6.48. The molecule has 6 nitrogen and oxygen atoms in total. The van der Waals surface area contributed by atoms with Gasteiger partial charge in [0.2, 0.25) is 0 Å². The van der Waals surface area contributed by atoms with Gasteiger partial charge in [-0.2, -0.15) is 0 Å². The summed E-state index contributed by atoms with van der Waals surface area (Å²) in [7, 11) is 0. The zero-order chi connectivity index (χ0) is 16.0. The first-order valence-corrected chi connectivity index (χ1v) is 7.17. The second kappa shape index (κ2) is 7.31. The van der Waals surface area contributed by atoms with Gasteiger partial charge in [-0.3, -0.25) is 4.79 Å².